The van der Waals surface area contributed by atoms with Crippen molar-refractivity contribution in [3.05, 3.63) is 22.2 Å². The Labute approximate surface area is 140 Å². The van der Waals surface area contributed by atoms with Crippen molar-refractivity contribution in [1.82, 2.24) is 10.6 Å². The summed E-state index contributed by atoms with van der Waals surface area (Å²) in [6.07, 6.45) is 0.701. The molecule has 0 aliphatic carbocycles. The molecule has 6 heteroatoms. The quantitative estimate of drug-likeness (QED) is 0.688. The Morgan fingerprint density at radius 2 is 1.82 bits per heavy atom. The number of ether oxygens (including phenoxy) is 2. The average molecular weight is 373 g/mol. The first-order valence-corrected chi connectivity index (χ1v) is 8.12. The van der Waals surface area contributed by atoms with E-state index in [9.17, 15) is 4.79 Å². The van der Waals surface area contributed by atoms with Gasteiger partial charge in [0.15, 0.2) is 0 Å². The van der Waals surface area contributed by atoms with Crippen LogP contribution in [0.3, 0.4) is 0 Å². The number of hydrogen-bond acceptors (Lipinski definition) is 4. The lowest BCUT2D eigenvalue weighted by molar-refractivity contribution is -0.124. The highest BCUT2D eigenvalue weighted by molar-refractivity contribution is 9.10. The van der Waals surface area contributed by atoms with Crippen LogP contribution >= 0.6 is 15.9 Å². The molecule has 5 nitrogen and oxygen atoms in total. The monoisotopic (exact) mass is 372 g/mol. The van der Waals surface area contributed by atoms with Crippen LogP contribution in [0.1, 0.15) is 26.3 Å². The van der Waals surface area contributed by atoms with Crippen LogP contribution in [0.4, 0.5) is 0 Å². The lowest BCUT2D eigenvalue weighted by atomic mass is 10.1. The number of nitrogens with one attached hydrogen (secondary N) is 2. The SMILES string of the molecule is COc1cc(CCNC(C)NC(=O)C(C)C)c(OC)cc1Br. The number of halogens is 1. The Hall–Kier alpha value is -1.27. The molecule has 1 amide bonds. The van der Waals surface area contributed by atoms with Crippen molar-refractivity contribution >= 4 is 21.8 Å². The fraction of sp³-hybridized carbons (Fsp3) is 0.562. The normalized spacial score (nSPS) is 12.1. The first-order chi connectivity index (χ1) is 10.4. The maximum Gasteiger partial charge on any atom is 0.223 e. The van der Waals surface area contributed by atoms with Crippen LogP contribution in [0, 0.1) is 5.92 Å². The number of hydrogen-bond donors (Lipinski definition) is 2. The summed E-state index contributed by atoms with van der Waals surface area (Å²) in [7, 11) is 3.29. The summed E-state index contributed by atoms with van der Waals surface area (Å²) in [5.41, 5.74) is 1.05. The molecule has 0 fully saturated rings. The van der Waals surface area contributed by atoms with Crippen molar-refractivity contribution in [1.29, 1.82) is 0 Å². The zero-order chi connectivity index (χ0) is 16.7. The molecule has 0 saturated heterocycles. The molecular formula is C16H25BrN2O3. The van der Waals surface area contributed by atoms with E-state index in [4.69, 9.17) is 9.47 Å². The van der Waals surface area contributed by atoms with Crippen molar-refractivity contribution < 1.29 is 14.3 Å². The summed E-state index contributed by atoms with van der Waals surface area (Å²) in [5.74, 6) is 1.62. The van der Waals surface area contributed by atoms with Crippen LogP contribution in [-0.2, 0) is 11.2 Å². The molecule has 0 heterocycles. The highest BCUT2D eigenvalue weighted by Crippen LogP contribution is 2.32. The maximum absolute atomic E-state index is 11.6. The number of amides is 1. The summed E-state index contributed by atoms with van der Waals surface area (Å²) in [5, 5.41) is 6.19. The molecule has 1 rings (SSSR count). The second-order valence-corrected chi connectivity index (χ2v) is 6.24. The van der Waals surface area contributed by atoms with Gasteiger partial charge in [-0.25, -0.2) is 0 Å². The third kappa shape index (κ3) is 5.50. The smallest absolute Gasteiger partial charge is 0.223 e. The van der Waals surface area contributed by atoms with E-state index in [2.05, 4.69) is 26.6 Å². The Morgan fingerprint density at radius 3 is 2.36 bits per heavy atom. The molecule has 124 valence electrons. The van der Waals surface area contributed by atoms with E-state index in [1.54, 1.807) is 14.2 Å². The average Bonchev–Trinajstić information content (AvgIpc) is 2.47. The zero-order valence-corrected chi connectivity index (χ0v) is 15.4. The van der Waals surface area contributed by atoms with Gasteiger partial charge in [0.1, 0.15) is 11.5 Å². The molecule has 1 aromatic carbocycles. The number of carbonyl (C=O) groups is 1. The van der Waals surface area contributed by atoms with Crippen LogP contribution < -0.4 is 20.1 Å². The first kappa shape index (κ1) is 18.8. The molecule has 0 bridgehead atoms. The van der Waals surface area contributed by atoms with Gasteiger partial charge < -0.3 is 14.8 Å². The van der Waals surface area contributed by atoms with Gasteiger partial charge >= 0.3 is 0 Å². The highest BCUT2D eigenvalue weighted by Gasteiger charge is 2.12. The Bertz CT molecular complexity index is 506. The molecule has 0 aromatic heterocycles. The molecule has 0 saturated carbocycles. The van der Waals surface area contributed by atoms with Gasteiger partial charge in [0, 0.05) is 12.5 Å². The van der Waals surface area contributed by atoms with Crippen LogP contribution in [0.2, 0.25) is 0 Å². The van der Waals surface area contributed by atoms with Crippen molar-refractivity contribution in [2.75, 3.05) is 20.8 Å². The predicted octanol–water partition coefficient (Wildman–Crippen LogP) is 2.72. The second-order valence-electron chi connectivity index (χ2n) is 5.39. The van der Waals surface area contributed by atoms with Crippen LogP contribution in [0.5, 0.6) is 11.5 Å². The van der Waals surface area contributed by atoms with Crippen molar-refractivity contribution in [3.8, 4) is 11.5 Å². The van der Waals surface area contributed by atoms with Crippen LogP contribution in [0.15, 0.2) is 16.6 Å². The van der Waals surface area contributed by atoms with Gasteiger partial charge in [-0.3, -0.25) is 10.1 Å². The predicted molar refractivity (Wildman–Crippen MR) is 91.4 cm³/mol. The van der Waals surface area contributed by atoms with Gasteiger partial charge in [-0.15, -0.1) is 0 Å². The van der Waals surface area contributed by atoms with Gasteiger partial charge in [-0.2, -0.15) is 0 Å². The molecule has 0 spiro atoms. The largest absolute Gasteiger partial charge is 0.496 e. The fourth-order valence-corrected chi connectivity index (χ4v) is 2.46. The summed E-state index contributed by atoms with van der Waals surface area (Å²) < 4.78 is 11.6. The molecule has 0 radical (unpaired) electrons. The van der Waals surface area contributed by atoms with Gasteiger partial charge in [0.2, 0.25) is 5.91 Å². The molecule has 2 N–H and O–H groups in total. The minimum absolute atomic E-state index is 0.0138. The topological polar surface area (TPSA) is 59.6 Å². The zero-order valence-electron chi connectivity index (χ0n) is 13.8. The minimum Gasteiger partial charge on any atom is -0.496 e. The maximum atomic E-state index is 11.6. The second kappa shape index (κ2) is 9.00. The van der Waals surface area contributed by atoms with E-state index in [1.165, 1.54) is 0 Å². The molecule has 1 aromatic rings. The summed E-state index contributed by atoms with van der Waals surface area (Å²) in [4.78, 5) is 11.6. The van der Waals surface area contributed by atoms with E-state index in [0.717, 1.165) is 34.5 Å². The van der Waals surface area contributed by atoms with E-state index in [1.807, 2.05) is 32.9 Å². The minimum atomic E-state index is -0.0711. The van der Waals surface area contributed by atoms with E-state index < -0.39 is 0 Å². The lowest BCUT2D eigenvalue weighted by Gasteiger charge is -2.18. The number of methoxy groups -OCH3 is 2. The molecule has 0 aliphatic heterocycles. The summed E-state index contributed by atoms with van der Waals surface area (Å²) >= 11 is 3.45. The van der Waals surface area contributed by atoms with E-state index >= 15 is 0 Å². The van der Waals surface area contributed by atoms with Crippen molar-refractivity contribution in [2.45, 2.75) is 33.4 Å². The summed E-state index contributed by atoms with van der Waals surface area (Å²) in [6, 6.07) is 3.86. The third-order valence-electron chi connectivity index (χ3n) is 3.28. The Balaban J connectivity index is 2.59. The first-order valence-electron chi connectivity index (χ1n) is 7.33. The standard InChI is InChI=1S/C16H25BrN2O3/c1-10(2)16(20)19-11(3)18-7-6-12-8-15(22-5)13(17)9-14(12)21-4/h8-11,18H,6-7H2,1-5H3,(H,19,20). The van der Waals surface area contributed by atoms with Crippen LogP contribution in [0.25, 0.3) is 0 Å². The third-order valence-corrected chi connectivity index (χ3v) is 3.90. The molecule has 0 aliphatic rings. The van der Waals surface area contributed by atoms with E-state index in [0.29, 0.717) is 0 Å². The molecule has 1 unspecified atom stereocenters. The lowest BCUT2D eigenvalue weighted by Crippen LogP contribution is -2.45. The number of carbonyl (C=O) groups excluding carboxylic acids is 1. The highest BCUT2D eigenvalue weighted by atomic mass is 79.9. The van der Waals surface area contributed by atoms with Gasteiger partial charge in [0.25, 0.3) is 0 Å². The van der Waals surface area contributed by atoms with E-state index in [-0.39, 0.29) is 18.0 Å². The summed E-state index contributed by atoms with van der Waals surface area (Å²) in [6.45, 7) is 6.41. The number of rotatable bonds is 8. The molecule has 1 atom stereocenters. The number of benzene rings is 1. The van der Waals surface area contributed by atoms with Crippen molar-refractivity contribution in [2.24, 2.45) is 5.92 Å². The van der Waals surface area contributed by atoms with Gasteiger partial charge in [-0.05, 0) is 47.0 Å². The fourth-order valence-electron chi connectivity index (χ4n) is 1.97. The van der Waals surface area contributed by atoms with Crippen LogP contribution in [-0.4, -0.2) is 32.8 Å². The van der Waals surface area contributed by atoms with Gasteiger partial charge in [0.05, 0.1) is 24.9 Å². The van der Waals surface area contributed by atoms with Crippen molar-refractivity contribution in [3.63, 3.8) is 0 Å². The Morgan fingerprint density at radius 1 is 1.18 bits per heavy atom. The van der Waals surface area contributed by atoms with Gasteiger partial charge in [-0.1, -0.05) is 13.8 Å². The molecular weight excluding hydrogens is 348 g/mol. The molecule has 22 heavy (non-hydrogen) atoms. The Kier molecular flexibility index (Phi) is 7.68.